The van der Waals surface area contributed by atoms with E-state index in [1.807, 2.05) is 36.4 Å². The summed E-state index contributed by atoms with van der Waals surface area (Å²) in [4.78, 5) is 70.9. The fraction of sp³-hybridized carbons (Fsp3) is 0.265. The summed E-state index contributed by atoms with van der Waals surface area (Å²) in [5, 5.41) is 41.4. The third-order valence-electron chi connectivity index (χ3n) is 7.20. The monoisotopic (exact) mass is 829 g/mol. The van der Waals surface area contributed by atoms with Crippen LogP contribution in [0.1, 0.15) is 11.3 Å². The first-order chi connectivity index (χ1) is 23.4. The molecule has 2 aromatic heterocycles. The number of carboxylic acid groups (broad SMARTS) is 4. The summed E-state index contributed by atoms with van der Waals surface area (Å²) >= 11 is 0. The number of anilines is 1. The molecule has 50 heavy (non-hydrogen) atoms. The molecule has 0 unspecified atom stereocenters. The van der Waals surface area contributed by atoms with Crippen LogP contribution in [0, 0.1) is 50.5 Å². The Bertz CT molecular complexity index is 1900. The average molecular weight is 830 g/mol. The van der Waals surface area contributed by atoms with Gasteiger partial charge in [-0.2, -0.15) is 0 Å². The Hall–Kier alpha value is -4.66. The number of pyridine rings is 2. The average Bonchev–Trinajstić information content (AvgIpc) is 3.04. The number of carbonyl (C=O) groups is 5. The largest absolute Gasteiger partial charge is 3.00 e. The molecule has 0 fully saturated rings. The van der Waals surface area contributed by atoms with Gasteiger partial charge in [0.05, 0.1) is 43.8 Å². The molecule has 2 aromatic carbocycles. The number of hydrogen-bond donors (Lipinski definition) is 5. The summed E-state index contributed by atoms with van der Waals surface area (Å²) in [6.45, 7) is -2.41. The molecular weight excluding hydrogens is 795 g/mol. The Morgan fingerprint density at radius 3 is 1.68 bits per heavy atom. The Kier molecular flexibility index (Phi) is 15.5. The Balaban J connectivity index is 0.00000676. The van der Waals surface area contributed by atoms with Crippen molar-refractivity contribution in [2.45, 2.75) is 0 Å². The van der Waals surface area contributed by atoms with E-state index in [0.29, 0.717) is 16.9 Å². The second-order valence-corrected chi connectivity index (χ2v) is 11.1. The van der Waals surface area contributed by atoms with Crippen molar-refractivity contribution in [2.24, 2.45) is 0 Å². The van der Waals surface area contributed by atoms with Gasteiger partial charge in [0.25, 0.3) is 0 Å². The predicted molar refractivity (Wildman–Crippen MR) is 178 cm³/mol. The molecule has 0 atom stereocenters. The van der Waals surface area contributed by atoms with Crippen molar-refractivity contribution in [2.75, 3.05) is 64.2 Å². The summed E-state index contributed by atoms with van der Waals surface area (Å²) in [5.41, 5.74) is 3.25. The molecule has 0 saturated heterocycles. The van der Waals surface area contributed by atoms with E-state index in [4.69, 9.17) is 10.2 Å². The number of rotatable bonds is 17. The smallest absolute Gasteiger partial charge is 0.480 e. The second kappa shape index (κ2) is 19.5. The molecule has 4 aromatic rings. The summed E-state index contributed by atoms with van der Waals surface area (Å²) in [7, 11) is 0. The van der Waals surface area contributed by atoms with Crippen LogP contribution in [-0.2, 0) is 24.0 Å². The molecule has 1 amide bonds. The standard InChI is InChI=1S/C34H34N6O9.Tb/c41-28(18-39(20-30(44)45)16-14-38(19-29(42)43)15-17-40(21-31(46)47)22-32(48)49)36-26-9-3-23(4-10-26)5-11-27-12-8-25-7-6-24-2-1-13-35-33(24)34(25)37-27;/h1-4,6-10,12-13H,14-22H2,(H,36,41)(H,42,43)(H,44,45)(H,46,47)(H,48,49);/q;+3. The topological polar surface area (TPSA) is 214 Å². The first-order valence-corrected chi connectivity index (χ1v) is 15.1. The van der Waals surface area contributed by atoms with Crippen molar-refractivity contribution >= 4 is 57.3 Å². The van der Waals surface area contributed by atoms with Crippen molar-refractivity contribution in [3.8, 4) is 11.8 Å². The predicted octanol–water partition coefficient (Wildman–Crippen LogP) is 1.37. The van der Waals surface area contributed by atoms with Crippen molar-refractivity contribution in [1.82, 2.24) is 24.7 Å². The fourth-order valence-electron chi connectivity index (χ4n) is 5.00. The zero-order chi connectivity index (χ0) is 35.3. The van der Waals surface area contributed by atoms with Crippen LogP contribution in [0.5, 0.6) is 0 Å². The molecule has 2 heterocycles. The quantitative estimate of drug-likeness (QED) is 0.0752. The minimum atomic E-state index is -1.24. The van der Waals surface area contributed by atoms with Gasteiger partial charge in [-0.15, -0.1) is 0 Å². The normalized spacial score (nSPS) is 10.9. The van der Waals surface area contributed by atoms with Gasteiger partial charge in [0, 0.05) is 54.4 Å². The molecule has 0 saturated carbocycles. The number of carboxylic acids is 4. The molecule has 15 nitrogen and oxygen atoms in total. The van der Waals surface area contributed by atoms with Crippen LogP contribution in [0.15, 0.2) is 66.9 Å². The molecule has 0 aliphatic carbocycles. The Labute approximate surface area is 317 Å². The van der Waals surface area contributed by atoms with Crippen LogP contribution in [0.25, 0.3) is 21.8 Å². The number of fused-ring (bicyclic) bond motifs is 3. The molecule has 0 spiro atoms. The molecule has 260 valence electrons. The van der Waals surface area contributed by atoms with Crippen LogP contribution in [0.3, 0.4) is 0 Å². The van der Waals surface area contributed by atoms with Crippen molar-refractivity contribution in [3.63, 3.8) is 0 Å². The number of hydrogen-bond acceptors (Lipinski definition) is 10. The Morgan fingerprint density at radius 2 is 1.10 bits per heavy atom. The maximum Gasteiger partial charge on any atom is 3.00 e. The third kappa shape index (κ3) is 13.0. The molecule has 0 radical (unpaired) electrons. The summed E-state index contributed by atoms with van der Waals surface area (Å²) in [5.74, 6) is 0.759. The molecule has 16 heteroatoms. The van der Waals surface area contributed by atoms with Gasteiger partial charge in [0.15, 0.2) is 0 Å². The van der Waals surface area contributed by atoms with E-state index in [2.05, 4.69) is 27.1 Å². The number of carbonyl (C=O) groups excluding carboxylic acids is 1. The van der Waals surface area contributed by atoms with Gasteiger partial charge in [-0.3, -0.25) is 43.7 Å². The van der Waals surface area contributed by atoms with Gasteiger partial charge in [-0.05, 0) is 48.4 Å². The molecule has 4 rings (SSSR count). The zero-order valence-corrected chi connectivity index (χ0v) is 28.8. The van der Waals surface area contributed by atoms with E-state index in [0.717, 1.165) is 26.7 Å². The first kappa shape index (κ1) is 39.8. The van der Waals surface area contributed by atoms with Crippen molar-refractivity contribution in [1.29, 1.82) is 0 Å². The van der Waals surface area contributed by atoms with Gasteiger partial charge in [0.2, 0.25) is 5.91 Å². The maximum atomic E-state index is 12.8. The third-order valence-corrected chi connectivity index (χ3v) is 7.20. The van der Waals surface area contributed by atoms with Gasteiger partial charge in [-0.1, -0.05) is 24.1 Å². The van der Waals surface area contributed by atoms with Crippen LogP contribution in [0.2, 0.25) is 0 Å². The number of aliphatic carboxylic acids is 4. The number of aromatic nitrogens is 2. The number of benzene rings is 2. The summed E-state index contributed by atoms with van der Waals surface area (Å²) < 4.78 is 0. The minimum absolute atomic E-state index is 0. The van der Waals surface area contributed by atoms with Gasteiger partial charge in [-0.25, -0.2) is 4.98 Å². The molecular formula is C34H34N6O9Tb+3. The Morgan fingerprint density at radius 1 is 0.600 bits per heavy atom. The van der Waals surface area contributed by atoms with Crippen LogP contribution >= 0.6 is 0 Å². The number of nitrogens with one attached hydrogen (secondary N) is 1. The number of amides is 1. The van der Waals surface area contributed by atoms with E-state index >= 15 is 0 Å². The van der Waals surface area contributed by atoms with E-state index in [-0.39, 0.29) is 71.3 Å². The molecule has 0 bridgehead atoms. The van der Waals surface area contributed by atoms with Crippen LogP contribution < -0.4 is 5.32 Å². The van der Waals surface area contributed by atoms with Gasteiger partial charge in [0.1, 0.15) is 5.69 Å². The van der Waals surface area contributed by atoms with Crippen LogP contribution in [-0.4, -0.2) is 134 Å². The number of nitrogens with zero attached hydrogens (tertiary/aromatic N) is 5. The molecule has 0 aliphatic heterocycles. The van der Waals surface area contributed by atoms with Gasteiger partial charge >= 0.3 is 62.5 Å². The van der Waals surface area contributed by atoms with Gasteiger partial charge < -0.3 is 25.7 Å². The van der Waals surface area contributed by atoms with E-state index in [9.17, 15) is 34.2 Å². The van der Waals surface area contributed by atoms with E-state index in [1.54, 1.807) is 30.5 Å². The molecule has 5 N–H and O–H groups in total. The van der Waals surface area contributed by atoms with Crippen molar-refractivity contribution in [3.05, 3.63) is 78.1 Å². The van der Waals surface area contributed by atoms with Crippen molar-refractivity contribution < 1.29 is 83.0 Å². The SMILES string of the molecule is O=C(O)CN(CCN(CC(=O)O)CC(=O)O)CCN(CC(=O)O)CC(=O)Nc1ccc(C#Cc2ccc3ccc4cccnc4c3n2)cc1.[Tb+3]. The zero-order valence-electron chi connectivity index (χ0n) is 26.6. The van der Waals surface area contributed by atoms with Crippen LogP contribution in [0.4, 0.5) is 5.69 Å². The molecule has 0 aliphatic rings. The summed E-state index contributed by atoms with van der Waals surface area (Å²) in [6.07, 6.45) is 1.72. The van der Waals surface area contributed by atoms with E-state index in [1.165, 1.54) is 9.80 Å². The second-order valence-electron chi connectivity index (χ2n) is 11.1. The van der Waals surface area contributed by atoms with E-state index < -0.39 is 56.0 Å². The summed E-state index contributed by atoms with van der Waals surface area (Å²) in [6, 6.07) is 18.3. The minimum Gasteiger partial charge on any atom is -0.480 e. The first-order valence-electron chi connectivity index (χ1n) is 15.1. The maximum absolute atomic E-state index is 12.8. The fourth-order valence-corrected chi connectivity index (χ4v) is 5.00.